The van der Waals surface area contributed by atoms with Crippen LogP contribution < -0.4 is 0 Å². The Morgan fingerprint density at radius 1 is 1.50 bits per heavy atom. The second kappa shape index (κ2) is 3.49. The van der Waals surface area contributed by atoms with Crippen LogP contribution in [0, 0.1) is 0 Å². The maximum absolute atomic E-state index is 5.26. The summed E-state index contributed by atoms with van der Waals surface area (Å²) in [6.07, 6.45) is 0. The topological polar surface area (TPSA) is 39.9 Å². The summed E-state index contributed by atoms with van der Waals surface area (Å²) in [5.41, 5.74) is 1.75. The first kappa shape index (κ1) is 8.74. The molecule has 2 aromatic rings. The van der Waals surface area contributed by atoms with Crippen LogP contribution >= 0.6 is 0 Å². The first-order valence-corrected chi connectivity index (χ1v) is 4.45. The molecule has 14 heavy (non-hydrogen) atoms. The Hall–Kier alpha value is -1.84. The highest BCUT2D eigenvalue weighted by molar-refractivity contribution is 5.76. The number of nitrogens with zero attached hydrogens (tertiary/aromatic N) is 3. The van der Waals surface area contributed by atoms with Crippen LogP contribution in [0.2, 0.25) is 0 Å². The summed E-state index contributed by atoms with van der Waals surface area (Å²) in [5.74, 6) is 0.501. The maximum atomic E-state index is 5.26. The van der Waals surface area contributed by atoms with Crippen molar-refractivity contribution >= 4 is 16.9 Å². The molecule has 0 fully saturated rings. The van der Waals surface area contributed by atoms with E-state index in [9.17, 15) is 0 Å². The fourth-order valence-electron chi connectivity index (χ4n) is 1.28. The van der Waals surface area contributed by atoms with Gasteiger partial charge in [-0.1, -0.05) is 17.3 Å². The number of benzene rings is 1. The van der Waals surface area contributed by atoms with Gasteiger partial charge in [0.2, 0.25) is 5.88 Å². The third-order valence-electron chi connectivity index (χ3n) is 1.90. The third-order valence-corrected chi connectivity index (χ3v) is 1.90. The molecule has 0 radical (unpaired) electrons. The predicted octanol–water partition coefficient (Wildman–Crippen LogP) is 1.90. The Morgan fingerprint density at radius 3 is 3.07 bits per heavy atom. The first-order valence-electron chi connectivity index (χ1n) is 4.45. The molecule has 0 atom stereocenters. The van der Waals surface area contributed by atoms with Crippen molar-refractivity contribution in [1.82, 2.24) is 15.0 Å². The van der Waals surface area contributed by atoms with Crippen LogP contribution in [0.15, 0.2) is 30.8 Å². The van der Waals surface area contributed by atoms with Crippen LogP contribution in [-0.4, -0.2) is 21.6 Å². The Kier molecular flexibility index (Phi) is 2.18. The van der Waals surface area contributed by atoms with Crippen molar-refractivity contribution in [2.24, 2.45) is 0 Å². The molecule has 0 unspecified atom stereocenters. The zero-order chi connectivity index (χ0) is 9.97. The number of hydrogen-bond acceptors (Lipinski definition) is 3. The van der Waals surface area contributed by atoms with Crippen molar-refractivity contribution in [3.63, 3.8) is 0 Å². The molecule has 1 heterocycles. The van der Waals surface area contributed by atoms with Crippen LogP contribution in [0.4, 0.5) is 0 Å². The van der Waals surface area contributed by atoms with Gasteiger partial charge in [0.25, 0.3) is 0 Å². The van der Waals surface area contributed by atoms with Gasteiger partial charge in [-0.3, -0.25) is 0 Å². The van der Waals surface area contributed by atoms with Crippen molar-refractivity contribution in [3.05, 3.63) is 30.8 Å². The van der Waals surface area contributed by atoms with E-state index in [1.807, 2.05) is 31.2 Å². The molecule has 0 saturated heterocycles. The molecule has 1 aromatic carbocycles. The number of ether oxygens (including phenoxy) is 1. The van der Waals surface area contributed by atoms with Crippen LogP contribution in [0.1, 0.15) is 6.92 Å². The number of rotatable bonds is 3. The molecule has 0 bridgehead atoms. The van der Waals surface area contributed by atoms with Gasteiger partial charge in [-0.2, -0.15) is 4.68 Å². The monoisotopic (exact) mass is 189 g/mol. The zero-order valence-corrected chi connectivity index (χ0v) is 7.97. The van der Waals surface area contributed by atoms with Crippen molar-refractivity contribution in [1.29, 1.82) is 0 Å². The Morgan fingerprint density at radius 2 is 2.29 bits per heavy atom. The van der Waals surface area contributed by atoms with Gasteiger partial charge < -0.3 is 4.74 Å². The fourth-order valence-corrected chi connectivity index (χ4v) is 1.28. The molecule has 0 aliphatic heterocycles. The Balaban J connectivity index is 2.47. The molecule has 4 heteroatoms. The normalized spacial score (nSPS) is 10.4. The first-order chi connectivity index (χ1) is 6.83. The van der Waals surface area contributed by atoms with Gasteiger partial charge in [0.05, 0.1) is 12.1 Å². The lowest BCUT2D eigenvalue weighted by molar-refractivity contribution is 0.274. The van der Waals surface area contributed by atoms with E-state index >= 15 is 0 Å². The minimum absolute atomic E-state index is 0.501. The molecule has 0 amide bonds. The molecule has 0 aliphatic rings. The van der Waals surface area contributed by atoms with E-state index in [1.165, 1.54) is 0 Å². The Labute approximate surface area is 81.8 Å². The van der Waals surface area contributed by atoms with Crippen LogP contribution in [-0.2, 0) is 4.74 Å². The third kappa shape index (κ3) is 1.35. The minimum Gasteiger partial charge on any atom is -0.478 e. The summed E-state index contributed by atoms with van der Waals surface area (Å²) < 4.78 is 6.86. The van der Waals surface area contributed by atoms with Gasteiger partial charge in [-0.05, 0) is 25.6 Å². The van der Waals surface area contributed by atoms with Gasteiger partial charge in [0.1, 0.15) is 5.52 Å². The van der Waals surface area contributed by atoms with Gasteiger partial charge >= 0.3 is 0 Å². The molecule has 1 aromatic heterocycles. The molecule has 0 spiro atoms. The zero-order valence-electron chi connectivity index (χ0n) is 7.97. The van der Waals surface area contributed by atoms with E-state index in [-0.39, 0.29) is 0 Å². The molecular weight excluding hydrogens is 178 g/mol. The SMILES string of the molecule is C=C(OCC)n1nnc2ccccc21. The van der Waals surface area contributed by atoms with Gasteiger partial charge in [-0.25, -0.2) is 0 Å². The van der Waals surface area contributed by atoms with E-state index in [4.69, 9.17) is 4.74 Å². The highest BCUT2D eigenvalue weighted by atomic mass is 16.5. The van der Waals surface area contributed by atoms with E-state index < -0.39 is 0 Å². The van der Waals surface area contributed by atoms with Crippen LogP contribution in [0.3, 0.4) is 0 Å². The standard InChI is InChI=1S/C10H11N3O/c1-3-14-8(2)13-10-7-5-4-6-9(10)11-12-13/h4-7H,2-3H2,1H3. The maximum Gasteiger partial charge on any atom is 0.208 e. The highest BCUT2D eigenvalue weighted by Crippen LogP contribution is 2.13. The van der Waals surface area contributed by atoms with Crippen molar-refractivity contribution in [2.75, 3.05) is 6.61 Å². The summed E-state index contributed by atoms with van der Waals surface area (Å²) in [5, 5.41) is 7.95. The Bertz CT molecular complexity index is 461. The smallest absolute Gasteiger partial charge is 0.208 e. The minimum atomic E-state index is 0.501. The summed E-state index contributed by atoms with van der Waals surface area (Å²) in [6, 6.07) is 7.68. The van der Waals surface area contributed by atoms with Gasteiger partial charge in [-0.15, -0.1) is 5.10 Å². The lowest BCUT2D eigenvalue weighted by Gasteiger charge is -2.05. The average Bonchev–Trinajstić information content (AvgIpc) is 2.61. The molecular formula is C10H11N3O. The summed E-state index contributed by atoms with van der Waals surface area (Å²) in [7, 11) is 0. The van der Waals surface area contributed by atoms with Crippen molar-refractivity contribution in [2.45, 2.75) is 6.92 Å². The number of fused-ring (bicyclic) bond motifs is 1. The second-order valence-corrected chi connectivity index (χ2v) is 2.82. The largest absolute Gasteiger partial charge is 0.478 e. The van der Waals surface area contributed by atoms with Crippen molar-refractivity contribution in [3.8, 4) is 0 Å². The lowest BCUT2D eigenvalue weighted by Crippen LogP contribution is -2.01. The van der Waals surface area contributed by atoms with E-state index in [1.54, 1.807) is 4.68 Å². The molecule has 0 N–H and O–H groups in total. The van der Waals surface area contributed by atoms with Gasteiger partial charge in [0, 0.05) is 0 Å². The van der Waals surface area contributed by atoms with Gasteiger partial charge in [0.15, 0.2) is 0 Å². The predicted molar refractivity (Wildman–Crippen MR) is 54.5 cm³/mol. The average molecular weight is 189 g/mol. The van der Waals surface area contributed by atoms with E-state index in [0.717, 1.165) is 11.0 Å². The van der Waals surface area contributed by atoms with E-state index in [0.29, 0.717) is 12.5 Å². The molecule has 2 rings (SSSR count). The fraction of sp³-hybridized carbons (Fsp3) is 0.200. The van der Waals surface area contributed by atoms with Crippen LogP contribution in [0.25, 0.3) is 16.9 Å². The van der Waals surface area contributed by atoms with E-state index in [2.05, 4.69) is 16.9 Å². The summed E-state index contributed by atoms with van der Waals surface area (Å²) in [6.45, 7) is 6.26. The molecule has 72 valence electrons. The molecule has 0 aliphatic carbocycles. The number of para-hydroxylation sites is 1. The number of aromatic nitrogens is 3. The molecule has 0 saturated carbocycles. The molecule has 4 nitrogen and oxygen atoms in total. The van der Waals surface area contributed by atoms with Crippen molar-refractivity contribution < 1.29 is 4.74 Å². The summed E-state index contributed by atoms with van der Waals surface area (Å²) >= 11 is 0. The quantitative estimate of drug-likeness (QED) is 0.692. The second-order valence-electron chi connectivity index (χ2n) is 2.82. The summed E-state index contributed by atoms with van der Waals surface area (Å²) in [4.78, 5) is 0. The number of hydrogen-bond donors (Lipinski definition) is 0. The lowest BCUT2D eigenvalue weighted by atomic mass is 10.3. The van der Waals surface area contributed by atoms with Crippen LogP contribution in [0.5, 0.6) is 0 Å². The highest BCUT2D eigenvalue weighted by Gasteiger charge is 2.05.